The Morgan fingerprint density at radius 1 is 1.29 bits per heavy atom. The number of hydrogen-bond donors (Lipinski definition) is 2. The predicted octanol–water partition coefficient (Wildman–Crippen LogP) is 0.938. The highest BCUT2D eigenvalue weighted by atomic mass is 15.1. The van der Waals surface area contributed by atoms with Crippen LogP contribution in [0.2, 0.25) is 0 Å². The highest BCUT2D eigenvalue weighted by Gasteiger charge is 1.91. The van der Waals surface area contributed by atoms with E-state index in [0.29, 0.717) is 5.70 Å². The van der Waals surface area contributed by atoms with Gasteiger partial charge < -0.3 is 5.73 Å². The topological polar surface area (TPSA) is 74.2 Å². The molecule has 0 saturated heterocycles. The van der Waals surface area contributed by atoms with Gasteiger partial charge in [0.15, 0.2) is 6.19 Å². The lowest BCUT2D eigenvalue weighted by Crippen LogP contribution is -2.27. The van der Waals surface area contributed by atoms with Gasteiger partial charge in [-0.1, -0.05) is 30.4 Å². The van der Waals surface area contributed by atoms with Crippen molar-refractivity contribution in [1.82, 2.24) is 5.32 Å². The quantitative estimate of drug-likeness (QED) is 0.277. The fraction of sp³-hybridized carbons (Fsp3) is 0. The molecule has 0 bridgehead atoms. The molecule has 4 heteroatoms. The smallest absolute Gasteiger partial charge is 0.207 e. The van der Waals surface area contributed by atoms with Gasteiger partial charge in [0.2, 0.25) is 5.96 Å². The van der Waals surface area contributed by atoms with Crippen molar-refractivity contribution in [3.05, 3.63) is 48.2 Å². The zero-order chi connectivity index (χ0) is 10.2. The van der Waals surface area contributed by atoms with E-state index >= 15 is 0 Å². The lowest BCUT2D eigenvalue weighted by molar-refractivity contribution is 1.20. The van der Waals surface area contributed by atoms with Crippen LogP contribution in [0.15, 0.2) is 53.2 Å². The van der Waals surface area contributed by atoms with E-state index < -0.39 is 0 Å². The summed E-state index contributed by atoms with van der Waals surface area (Å²) in [6, 6.07) is 0. The minimum atomic E-state index is 0.0846. The van der Waals surface area contributed by atoms with Crippen molar-refractivity contribution in [3.63, 3.8) is 0 Å². The van der Waals surface area contributed by atoms with Gasteiger partial charge in [0.05, 0.1) is 5.70 Å². The summed E-state index contributed by atoms with van der Waals surface area (Å²) in [5, 5.41) is 10.5. The third kappa shape index (κ3) is 3.41. The monoisotopic (exact) mass is 186 g/mol. The zero-order valence-corrected chi connectivity index (χ0v) is 7.51. The number of nitriles is 1. The number of hydrogen-bond acceptors (Lipinski definition) is 2. The van der Waals surface area contributed by atoms with Gasteiger partial charge in [0.25, 0.3) is 0 Å². The minimum absolute atomic E-state index is 0.0846. The van der Waals surface area contributed by atoms with Gasteiger partial charge >= 0.3 is 0 Å². The maximum absolute atomic E-state index is 8.28. The molecule has 0 aromatic carbocycles. The molecule has 14 heavy (non-hydrogen) atoms. The molecule has 1 rings (SSSR count). The minimum Gasteiger partial charge on any atom is -0.369 e. The second-order valence-electron chi connectivity index (χ2n) is 2.45. The largest absolute Gasteiger partial charge is 0.369 e. The molecule has 1 aliphatic carbocycles. The molecular formula is C10H10N4. The van der Waals surface area contributed by atoms with Crippen LogP contribution in [0.5, 0.6) is 0 Å². The van der Waals surface area contributed by atoms with Gasteiger partial charge in [0.1, 0.15) is 0 Å². The summed E-state index contributed by atoms with van der Waals surface area (Å²) in [6.45, 7) is 0. The predicted molar refractivity (Wildman–Crippen MR) is 55.9 cm³/mol. The van der Waals surface area contributed by atoms with Crippen molar-refractivity contribution in [2.45, 2.75) is 0 Å². The average molecular weight is 186 g/mol. The third-order valence-electron chi connectivity index (χ3n) is 1.41. The highest BCUT2D eigenvalue weighted by Crippen LogP contribution is 2.02. The van der Waals surface area contributed by atoms with Crippen LogP contribution >= 0.6 is 0 Å². The van der Waals surface area contributed by atoms with Gasteiger partial charge in [-0.15, -0.1) is 0 Å². The molecule has 0 unspecified atom stereocenters. The van der Waals surface area contributed by atoms with E-state index in [9.17, 15) is 0 Å². The lowest BCUT2D eigenvalue weighted by Gasteiger charge is -1.97. The van der Waals surface area contributed by atoms with E-state index in [4.69, 9.17) is 11.0 Å². The van der Waals surface area contributed by atoms with Crippen molar-refractivity contribution >= 4 is 5.96 Å². The van der Waals surface area contributed by atoms with E-state index in [1.807, 2.05) is 30.4 Å². The second kappa shape index (κ2) is 5.38. The zero-order valence-electron chi connectivity index (χ0n) is 7.51. The van der Waals surface area contributed by atoms with Gasteiger partial charge in [0, 0.05) is 0 Å². The van der Waals surface area contributed by atoms with E-state index in [2.05, 4.69) is 10.3 Å². The summed E-state index contributed by atoms with van der Waals surface area (Å²) in [5.74, 6) is 0.0846. The van der Waals surface area contributed by atoms with Crippen molar-refractivity contribution in [1.29, 1.82) is 5.26 Å². The summed E-state index contributed by atoms with van der Waals surface area (Å²) < 4.78 is 0. The summed E-state index contributed by atoms with van der Waals surface area (Å²) in [6.07, 6.45) is 14.7. The SMILES string of the molecule is N#CNC(N)=NC1=C/C=C\C=C/C=C1. The molecule has 3 N–H and O–H groups in total. The second-order valence-corrected chi connectivity index (χ2v) is 2.45. The van der Waals surface area contributed by atoms with Gasteiger partial charge in [-0.25, -0.2) is 4.99 Å². The Hall–Kier alpha value is -2.28. The Morgan fingerprint density at radius 2 is 2.00 bits per heavy atom. The Morgan fingerprint density at radius 3 is 2.79 bits per heavy atom. The maximum atomic E-state index is 8.28. The molecule has 0 spiro atoms. The van der Waals surface area contributed by atoms with Crippen LogP contribution in [0.4, 0.5) is 0 Å². The normalized spacial score (nSPS) is 19.9. The Kier molecular flexibility index (Phi) is 3.77. The van der Waals surface area contributed by atoms with Gasteiger partial charge in [-0.2, -0.15) is 5.26 Å². The molecule has 0 heterocycles. The number of aliphatic imine (C=N–C) groups is 1. The molecule has 4 nitrogen and oxygen atoms in total. The fourth-order valence-corrected chi connectivity index (χ4v) is 0.855. The summed E-state index contributed by atoms with van der Waals surface area (Å²) in [7, 11) is 0. The summed E-state index contributed by atoms with van der Waals surface area (Å²) in [4.78, 5) is 3.98. The standard InChI is InChI=1S/C10H10N4/c11-8-13-10(12)14-9-6-4-2-1-3-5-7-9/h1-7H,(H3,12,13,14)/b2-1-,3-1?,4-2?,5-3-,6-4?,7-5?,9-6?,9-7?. The fourth-order valence-electron chi connectivity index (χ4n) is 0.855. The Labute approximate surface area is 82.4 Å². The molecule has 0 aromatic rings. The number of rotatable bonds is 1. The first-order valence-electron chi connectivity index (χ1n) is 4.04. The Bertz CT molecular complexity index is 377. The van der Waals surface area contributed by atoms with E-state index in [0.717, 1.165) is 0 Å². The molecule has 70 valence electrons. The molecule has 0 atom stereocenters. The van der Waals surface area contributed by atoms with E-state index in [1.54, 1.807) is 18.3 Å². The molecule has 0 radical (unpaired) electrons. The molecule has 0 amide bonds. The van der Waals surface area contributed by atoms with Crippen molar-refractivity contribution < 1.29 is 0 Å². The van der Waals surface area contributed by atoms with E-state index in [1.165, 1.54) is 0 Å². The first-order chi connectivity index (χ1) is 6.83. The number of guanidine groups is 1. The maximum Gasteiger partial charge on any atom is 0.207 e. The molecule has 0 aromatic heterocycles. The molecule has 0 saturated carbocycles. The number of nitrogens with two attached hydrogens (primary N) is 1. The van der Waals surface area contributed by atoms with Gasteiger partial charge in [-0.3, -0.25) is 5.32 Å². The van der Waals surface area contributed by atoms with Crippen LogP contribution in [0.3, 0.4) is 0 Å². The molecule has 1 aliphatic rings. The van der Waals surface area contributed by atoms with Crippen molar-refractivity contribution in [2.75, 3.05) is 0 Å². The van der Waals surface area contributed by atoms with Crippen LogP contribution < -0.4 is 11.1 Å². The van der Waals surface area contributed by atoms with Crippen molar-refractivity contribution in [2.24, 2.45) is 10.7 Å². The van der Waals surface area contributed by atoms with Crippen LogP contribution in [-0.4, -0.2) is 5.96 Å². The van der Waals surface area contributed by atoms with Gasteiger partial charge in [-0.05, 0) is 12.2 Å². The van der Waals surface area contributed by atoms with Crippen molar-refractivity contribution in [3.8, 4) is 6.19 Å². The number of allylic oxidation sites excluding steroid dienone is 7. The number of nitrogens with zero attached hydrogens (tertiary/aromatic N) is 2. The highest BCUT2D eigenvalue weighted by molar-refractivity contribution is 5.80. The summed E-state index contributed by atoms with van der Waals surface area (Å²) in [5.41, 5.74) is 6.09. The average Bonchev–Trinajstić information content (AvgIpc) is 2.10. The first-order valence-corrected chi connectivity index (χ1v) is 4.04. The van der Waals surface area contributed by atoms with Crippen LogP contribution in [0.25, 0.3) is 0 Å². The molecular weight excluding hydrogens is 176 g/mol. The van der Waals surface area contributed by atoms with Crippen LogP contribution in [-0.2, 0) is 0 Å². The number of nitrogens with one attached hydrogen (secondary N) is 1. The molecule has 0 fully saturated rings. The van der Waals surface area contributed by atoms with Crippen LogP contribution in [0, 0.1) is 11.5 Å². The Balaban J connectivity index is 2.78. The summed E-state index contributed by atoms with van der Waals surface area (Å²) >= 11 is 0. The van der Waals surface area contributed by atoms with Crippen LogP contribution in [0.1, 0.15) is 0 Å². The lowest BCUT2D eigenvalue weighted by atomic mass is 10.3. The first kappa shape index (κ1) is 9.81. The third-order valence-corrected chi connectivity index (χ3v) is 1.41. The van der Waals surface area contributed by atoms with E-state index in [-0.39, 0.29) is 5.96 Å². The molecule has 0 aliphatic heterocycles.